The zero-order chi connectivity index (χ0) is 14.1. The van der Waals surface area contributed by atoms with Gasteiger partial charge in [0.25, 0.3) is 5.95 Å². The van der Waals surface area contributed by atoms with E-state index in [1.54, 1.807) is 18.2 Å². The molecule has 0 aliphatic rings. The Bertz CT molecular complexity index is 834. The van der Waals surface area contributed by atoms with Crippen LogP contribution in [0, 0.1) is 0 Å². The summed E-state index contributed by atoms with van der Waals surface area (Å²) < 4.78 is 11.0. The Hall–Kier alpha value is -2.04. The maximum atomic E-state index is 12.0. The lowest BCUT2D eigenvalue weighted by atomic mass is 10.2. The molecule has 2 aromatic heterocycles. The standard InChI is InChI=1S/C15H9ClO3S/c1-9(10-4-5-20-8-10)18-15-7-13(17)12-6-11(16)2-3-14(12)19-15/h2-8H,1H2. The second kappa shape index (κ2) is 5.15. The Morgan fingerprint density at radius 1 is 1.30 bits per heavy atom. The Morgan fingerprint density at radius 2 is 2.15 bits per heavy atom. The van der Waals surface area contributed by atoms with Gasteiger partial charge in [-0.3, -0.25) is 4.79 Å². The van der Waals surface area contributed by atoms with Crippen molar-refractivity contribution >= 4 is 39.7 Å². The van der Waals surface area contributed by atoms with Crippen LogP contribution in [-0.2, 0) is 0 Å². The normalized spacial score (nSPS) is 10.7. The van der Waals surface area contributed by atoms with Crippen molar-refractivity contribution in [1.29, 1.82) is 0 Å². The lowest BCUT2D eigenvalue weighted by Crippen LogP contribution is -2.02. The summed E-state index contributed by atoms with van der Waals surface area (Å²) in [6.07, 6.45) is 0. The number of hydrogen-bond acceptors (Lipinski definition) is 4. The molecule has 20 heavy (non-hydrogen) atoms. The summed E-state index contributed by atoms with van der Waals surface area (Å²) in [5.41, 5.74) is 1.07. The third kappa shape index (κ3) is 2.48. The van der Waals surface area contributed by atoms with Crippen LogP contribution in [0.25, 0.3) is 16.7 Å². The molecule has 3 nitrogen and oxygen atoms in total. The lowest BCUT2D eigenvalue weighted by molar-refractivity contribution is 0.373. The van der Waals surface area contributed by atoms with Gasteiger partial charge in [-0.2, -0.15) is 11.3 Å². The van der Waals surface area contributed by atoms with Crippen LogP contribution < -0.4 is 10.2 Å². The highest BCUT2D eigenvalue weighted by Gasteiger charge is 2.09. The van der Waals surface area contributed by atoms with Gasteiger partial charge in [-0.15, -0.1) is 0 Å². The number of benzene rings is 1. The van der Waals surface area contributed by atoms with Crippen LogP contribution in [-0.4, -0.2) is 0 Å². The van der Waals surface area contributed by atoms with Crippen molar-refractivity contribution in [1.82, 2.24) is 0 Å². The molecule has 0 unspecified atom stereocenters. The number of ether oxygens (including phenoxy) is 1. The predicted octanol–water partition coefficient (Wildman–Crippen LogP) is 4.56. The monoisotopic (exact) mass is 304 g/mol. The van der Waals surface area contributed by atoms with Crippen LogP contribution >= 0.6 is 22.9 Å². The summed E-state index contributed by atoms with van der Waals surface area (Å²) in [6, 6.07) is 8.03. The second-order valence-electron chi connectivity index (χ2n) is 4.11. The van der Waals surface area contributed by atoms with E-state index in [9.17, 15) is 4.79 Å². The predicted molar refractivity (Wildman–Crippen MR) is 81.5 cm³/mol. The van der Waals surface area contributed by atoms with Gasteiger partial charge in [-0.25, -0.2) is 0 Å². The van der Waals surface area contributed by atoms with Crippen LogP contribution in [0.1, 0.15) is 5.56 Å². The molecular weight excluding hydrogens is 296 g/mol. The van der Waals surface area contributed by atoms with Gasteiger partial charge in [0.2, 0.25) is 0 Å². The molecule has 0 spiro atoms. The first-order valence-corrected chi connectivity index (χ1v) is 7.08. The molecule has 0 saturated heterocycles. The quantitative estimate of drug-likeness (QED) is 0.666. The molecule has 0 atom stereocenters. The van der Waals surface area contributed by atoms with Gasteiger partial charge in [-0.05, 0) is 29.6 Å². The highest BCUT2D eigenvalue weighted by molar-refractivity contribution is 7.08. The fourth-order valence-electron chi connectivity index (χ4n) is 1.76. The molecule has 5 heteroatoms. The minimum absolute atomic E-state index is 0.112. The second-order valence-corrected chi connectivity index (χ2v) is 5.32. The molecule has 1 aromatic carbocycles. The van der Waals surface area contributed by atoms with Crippen LogP contribution in [0.3, 0.4) is 0 Å². The van der Waals surface area contributed by atoms with E-state index in [4.69, 9.17) is 20.8 Å². The molecule has 100 valence electrons. The maximum Gasteiger partial charge on any atom is 0.294 e. The van der Waals surface area contributed by atoms with Crippen molar-refractivity contribution in [3.05, 3.63) is 68.5 Å². The van der Waals surface area contributed by atoms with E-state index in [2.05, 4.69) is 6.58 Å². The van der Waals surface area contributed by atoms with Crippen molar-refractivity contribution in [2.24, 2.45) is 0 Å². The van der Waals surface area contributed by atoms with E-state index < -0.39 is 0 Å². The molecule has 0 saturated carbocycles. The number of thiophene rings is 1. The van der Waals surface area contributed by atoms with Crippen molar-refractivity contribution < 1.29 is 9.15 Å². The zero-order valence-corrected chi connectivity index (χ0v) is 11.8. The van der Waals surface area contributed by atoms with Gasteiger partial charge < -0.3 is 9.15 Å². The van der Waals surface area contributed by atoms with Gasteiger partial charge >= 0.3 is 0 Å². The number of fused-ring (bicyclic) bond motifs is 1. The van der Waals surface area contributed by atoms with Crippen molar-refractivity contribution in [2.75, 3.05) is 0 Å². The van der Waals surface area contributed by atoms with Crippen LogP contribution in [0.2, 0.25) is 5.02 Å². The fraction of sp³-hybridized carbons (Fsp3) is 0. The Kier molecular flexibility index (Phi) is 3.34. The minimum atomic E-state index is -0.207. The largest absolute Gasteiger partial charge is 0.426 e. The lowest BCUT2D eigenvalue weighted by Gasteiger charge is -2.06. The number of halogens is 1. The number of rotatable bonds is 3. The summed E-state index contributed by atoms with van der Waals surface area (Å²) in [4.78, 5) is 12.0. The van der Waals surface area contributed by atoms with Gasteiger partial charge in [0.1, 0.15) is 11.3 Å². The molecule has 2 heterocycles. The molecular formula is C15H9ClO3S. The maximum absolute atomic E-state index is 12.0. The molecule has 0 fully saturated rings. The number of hydrogen-bond donors (Lipinski definition) is 0. The van der Waals surface area contributed by atoms with Crippen LogP contribution in [0.15, 0.2) is 56.9 Å². The smallest absolute Gasteiger partial charge is 0.294 e. The van der Waals surface area contributed by atoms with Crippen LogP contribution in [0.4, 0.5) is 0 Å². The summed E-state index contributed by atoms with van der Waals surface area (Å²) in [5.74, 6) is 0.545. The van der Waals surface area contributed by atoms with Crippen LogP contribution in [0.5, 0.6) is 5.95 Å². The minimum Gasteiger partial charge on any atom is -0.426 e. The summed E-state index contributed by atoms with van der Waals surface area (Å²) in [7, 11) is 0. The zero-order valence-electron chi connectivity index (χ0n) is 10.3. The van der Waals surface area contributed by atoms with Gasteiger partial charge in [0, 0.05) is 16.0 Å². The molecule has 0 radical (unpaired) electrons. The van der Waals surface area contributed by atoms with Crippen molar-refractivity contribution in [3.8, 4) is 5.95 Å². The summed E-state index contributed by atoms with van der Waals surface area (Å²) >= 11 is 7.40. The highest BCUT2D eigenvalue weighted by Crippen LogP contribution is 2.24. The van der Waals surface area contributed by atoms with Gasteiger partial charge in [-0.1, -0.05) is 18.2 Å². The fourth-order valence-corrected chi connectivity index (χ4v) is 2.59. The summed E-state index contributed by atoms with van der Waals surface area (Å²) in [5, 5.41) is 4.73. The first kappa shape index (κ1) is 13.0. The van der Waals surface area contributed by atoms with E-state index >= 15 is 0 Å². The van der Waals surface area contributed by atoms with Gasteiger partial charge in [0.15, 0.2) is 5.43 Å². The molecule has 0 amide bonds. The molecule has 3 aromatic rings. The van der Waals surface area contributed by atoms with E-state index in [1.807, 2.05) is 16.8 Å². The summed E-state index contributed by atoms with van der Waals surface area (Å²) in [6.45, 7) is 3.82. The Balaban J connectivity index is 1.99. The Labute approximate surface area is 123 Å². The van der Waals surface area contributed by atoms with Crippen molar-refractivity contribution in [3.63, 3.8) is 0 Å². The first-order valence-electron chi connectivity index (χ1n) is 5.76. The van der Waals surface area contributed by atoms with Gasteiger partial charge in [0.05, 0.1) is 11.5 Å². The van der Waals surface area contributed by atoms with E-state index in [0.29, 0.717) is 21.8 Å². The molecule has 0 aliphatic carbocycles. The Morgan fingerprint density at radius 3 is 2.90 bits per heavy atom. The highest BCUT2D eigenvalue weighted by atomic mass is 35.5. The molecule has 3 rings (SSSR count). The average molecular weight is 305 g/mol. The van der Waals surface area contributed by atoms with E-state index in [1.165, 1.54) is 17.4 Å². The SMILES string of the molecule is C=C(Oc1cc(=O)c2cc(Cl)ccc2o1)c1ccsc1. The topological polar surface area (TPSA) is 39.4 Å². The molecule has 0 N–H and O–H groups in total. The molecule has 0 aliphatic heterocycles. The van der Waals surface area contributed by atoms with E-state index in [-0.39, 0.29) is 11.4 Å². The van der Waals surface area contributed by atoms with E-state index in [0.717, 1.165) is 5.56 Å². The third-order valence-corrected chi connectivity index (χ3v) is 3.65. The first-order chi connectivity index (χ1) is 9.63. The third-order valence-electron chi connectivity index (χ3n) is 2.73. The van der Waals surface area contributed by atoms with Crippen molar-refractivity contribution in [2.45, 2.75) is 0 Å². The average Bonchev–Trinajstić information content (AvgIpc) is 2.94. The molecule has 0 bridgehead atoms.